The topological polar surface area (TPSA) is 130 Å². The summed E-state index contributed by atoms with van der Waals surface area (Å²) in [7, 11) is 4.23. The van der Waals surface area contributed by atoms with Gasteiger partial charge in [0, 0.05) is 20.6 Å². The molecule has 0 spiro atoms. The van der Waals surface area contributed by atoms with Crippen LogP contribution in [-0.4, -0.2) is 48.4 Å². The lowest BCUT2D eigenvalue weighted by Gasteiger charge is -2.06. The normalized spacial score (nSPS) is 11.1. The Bertz CT molecular complexity index is 1270. The molecule has 3 aromatic heterocycles. The maximum Gasteiger partial charge on any atom is 0.350 e. The second-order valence-electron chi connectivity index (χ2n) is 6.28. The highest BCUT2D eigenvalue weighted by atomic mass is 32.2. The van der Waals surface area contributed by atoms with Crippen molar-refractivity contribution in [2.75, 3.05) is 18.2 Å². The zero-order valence-corrected chi connectivity index (χ0v) is 18.6. The molecule has 0 saturated heterocycles. The fourth-order valence-corrected chi connectivity index (χ4v) is 4.61. The molecule has 0 atom stereocenters. The van der Waals surface area contributed by atoms with Crippen LogP contribution in [0, 0.1) is 6.92 Å². The first-order valence-electron chi connectivity index (χ1n) is 8.84. The van der Waals surface area contributed by atoms with Crippen molar-refractivity contribution in [2.24, 2.45) is 14.1 Å². The number of methoxy groups -OCH3 is 1. The van der Waals surface area contributed by atoms with Crippen LogP contribution in [-0.2, 0) is 30.2 Å². The van der Waals surface area contributed by atoms with Crippen molar-refractivity contribution in [1.29, 1.82) is 0 Å². The Morgan fingerprint density at radius 3 is 2.53 bits per heavy atom. The Morgan fingerprint density at radius 2 is 1.90 bits per heavy atom. The molecule has 30 heavy (non-hydrogen) atoms. The van der Waals surface area contributed by atoms with Gasteiger partial charge in [-0.1, -0.05) is 23.1 Å². The van der Waals surface area contributed by atoms with E-state index in [2.05, 4.69) is 20.0 Å². The molecular formula is C17H20N6O5S2. The number of rotatable bonds is 6. The summed E-state index contributed by atoms with van der Waals surface area (Å²) < 4.78 is 8.70. The lowest BCUT2D eigenvalue weighted by molar-refractivity contribution is -0.113. The van der Waals surface area contributed by atoms with Gasteiger partial charge >= 0.3 is 11.7 Å². The molecule has 3 rings (SSSR count). The molecule has 0 radical (unpaired) electrons. The van der Waals surface area contributed by atoms with Crippen molar-refractivity contribution in [2.45, 2.75) is 25.5 Å². The average molecular weight is 453 g/mol. The van der Waals surface area contributed by atoms with Crippen molar-refractivity contribution >= 4 is 51.3 Å². The SMILES string of the molecule is CCn1c(SCC(=O)Nc2nc(C)c(C(=O)OC)s2)nc2c1c(=O)n(C)c(=O)n2C. The minimum absolute atomic E-state index is 0.00374. The summed E-state index contributed by atoms with van der Waals surface area (Å²) in [5, 5.41) is 3.39. The zero-order valence-electron chi connectivity index (χ0n) is 17.0. The smallest absolute Gasteiger partial charge is 0.350 e. The molecule has 160 valence electrons. The van der Waals surface area contributed by atoms with Gasteiger partial charge in [0.1, 0.15) is 4.88 Å². The van der Waals surface area contributed by atoms with Gasteiger partial charge in [-0.05, 0) is 13.8 Å². The third-order valence-electron chi connectivity index (χ3n) is 4.38. The van der Waals surface area contributed by atoms with Gasteiger partial charge in [0.2, 0.25) is 5.91 Å². The molecular weight excluding hydrogens is 432 g/mol. The van der Waals surface area contributed by atoms with Crippen LogP contribution in [0.2, 0.25) is 0 Å². The predicted molar refractivity (Wildman–Crippen MR) is 113 cm³/mol. The molecule has 0 aliphatic carbocycles. The number of fused-ring (bicyclic) bond motifs is 1. The van der Waals surface area contributed by atoms with Gasteiger partial charge in [-0.15, -0.1) is 0 Å². The van der Waals surface area contributed by atoms with Crippen LogP contribution in [0.3, 0.4) is 0 Å². The number of thiazole rings is 1. The monoisotopic (exact) mass is 452 g/mol. The zero-order chi connectivity index (χ0) is 22.2. The molecule has 1 amide bonds. The van der Waals surface area contributed by atoms with E-state index in [9.17, 15) is 19.2 Å². The number of anilines is 1. The summed E-state index contributed by atoms with van der Waals surface area (Å²) in [6.07, 6.45) is 0. The summed E-state index contributed by atoms with van der Waals surface area (Å²) in [4.78, 5) is 57.6. The maximum absolute atomic E-state index is 12.5. The fraction of sp³-hybridized carbons (Fsp3) is 0.412. The first-order chi connectivity index (χ1) is 14.2. The summed E-state index contributed by atoms with van der Waals surface area (Å²) in [6.45, 7) is 3.95. The van der Waals surface area contributed by atoms with Gasteiger partial charge in [0.15, 0.2) is 21.5 Å². The highest BCUT2D eigenvalue weighted by molar-refractivity contribution is 7.99. The Balaban J connectivity index is 1.82. The van der Waals surface area contributed by atoms with E-state index in [1.54, 1.807) is 18.5 Å². The van der Waals surface area contributed by atoms with Crippen molar-refractivity contribution in [1.82, 2.24) is 23.7 Å². The number of aryl methyl sites for hydroxylation is 3. The van der Waals surface area contributed by atoms with Crippen molar-refractivity contribution < 1.29 is 14.3 Å². The largest absolute Gasteiger partial charge is 0.465 e. The molecule has 0 unspecified atom stereocenters. The summed E-state index contributed by atoms with van der Waals surface area (Å²) in [6, 6.07) is 0. The molecule has 13 heteroatoms. The van der Waals surface area contributed by atoms with Crippen molar-refractivity contribution in [3.05, 3.63) is 31.4 Å². The first-order valence-corrected chi connectivity index (χ1v) is 10.6. The van der Waals surface area contributed by atoms with Gasteiger partial charge in [-0.3, -0.25) is 18.7 Å². The predicted octanol–water partition coefficient (Wildman–Crippen LogP) is 0.736. The number of carbonyl (C=O) groups excluding carboxylic acids is 2. The number of imidazole rings is 1. The Labute approximate surface area is 178 Å². The number of hydrogen-bond acceptors (Lipinski definition) is 9. The lowest BCUT2D eigenvalue weighted by atomic mass is 10.4. The van der Waals surface area contributed by atoms with E-state index >= 15 is 0 Å². The van der Waals surface area contributed by atoms with Crippen LogP contribution in [0.15, 0.2) is 14.7 Å². The Hall–Kier alpha value is -2.93. The Morgan fingerprint density at radius 1 is 1.20 bits per heavy atom. The first kappa shape index (κ1) is 21.8. The molecule has 1 N–H and O–H groups in total. The summed E-state index contributed by atoms with van der Waals surface area (Å²) >= 11 is 2.17. The van der Waals surface area contributed by atoms with Gasteiger partial charge in [-0.25, -0.2) is 19.6 Å². The molecule has 0 aliphatic rings. The van der Waals surface area contributed by atoms with E-state index in [1.165, 1.54) is 18.7 Å². The average Bonchev–Trinajstić information content (AvgIpc) is 3.28. The number of aromatic nitrogens is 5. The number of hydrogen-bond donors (Lipinski definition) is 1. The van der Waals surface area contributed by atoms with Crippen molar-refractivity contribution in [3.8, 4) is 0 Å². The van der Waals surface area contributed by atoms with E-state index < -0.39 is 17.2 Å². The molecule has 0 bridgehead atoms. The number of nitrogens with zero attached hydrogens (tertiary/aromatic N) is 5. The molecule has 3 heterocycles. The molecule has 11 nitrogen and oxygen atoms in total. The molecule has 3 aromatic rings. The summed E-state index contributed by atoms with van der Waals surface area (Å²) in [5.41, 5.74) is 0.143. The molecule has 0 saturated carbocycles. The van der Waals surface area contributed by atoms with Gasteiger partial charge in [-0.2, -0.15) is 0 Å². The molecule has 0 fully saturated rings. The lowest BCUT2D eigenvalue weighted by Crippen LogP contribution is -2.37. The highest BCUT2D eigenvalue weighted by Gasteiger charge is 2.20. The third-order valence-corrected chi connectivity index (χ3v) is 6.40. The van der Waals surface area contributed by atoms with Gasteiger partial charge in [0.05, 0.1) is 18.6 Å². The van der Waals surface area contributed by atoms with E-state index in [-0.39, 0.29) is 17.3 Å². The van der Waals surface area contributed by atoms with Gasteiger partial charge < -0.3 is 14.6 Å². The van der Waals surface area contributed by atoms with Crippen LogP contribution in [0.25, 0.3) is 11.2 Å². The van der Waals surface area contributed by atoms with Gasteiger partial charge in [0.25, 0.3) is 5.56 Å². The number of esters is 1. The van der Waals surface area contributed by atoms with Crippen LogP contribution in [0.1, 0.15) is 22.3 Å². The quantitative estimate of drug-likeness (QED) is 0.428. The number of thioether (sulfide) groups is 1. The second kappa shape index (κ2) is 8.44. The molecule has 0 aromatic carbocycles. The minimum atomic E-state index is -0.510. The van der Waals surface area contributed by atoms with E-state index in [0.717, 1.165) is 27.7 Å². The number of nitrogens with one attached hydrogen (secondary N) is 1. The number of amides is 1. The Kier molecular flexibility index (Phi) is 6.12. The van der Waals surface area contributed by atoms with Crippen molar-refractivity contribution in [3.63, 3.8) is 0 Å². The second-order valence-corrected chi connectivity index (χ2v) is 8.22. The number of carbonyl (C=O) groups is 2. The minimum Gasteiger partial charge on any atom is -0.465 e. The molecule has 0 aliphatic heterocycles. The van der Waals surface area contributed by atoms with E-state index in [0.29, 0.717) is 32.9 Å². The van der Waals surface area contributed by atoms with E-state index in [4.69, 9.17) is 0 Å². The highest BCUT2D eigenvalue weighted by Crippen LogP contribution is 2.25. The van der Waals surface area contributed by atoms with Crippen LogP contribution < -0.4 is 16.6 Å². The summed E-state index contributed by atoms with van der Waals surface area (Å²) in [5.74, 6) is -0.852. The maximum atomic E-state index is 12.5. The standard InChI is InChI=1S/C17H20N6O5S2/c1-6-23-10-12(21(3)17(27)22(4)13(10)25)20-16(23)29-7-9(24)19-15-18-8(2)11(30-15)14(26)28-5/h6-7H2,1-5H3,(H,18,19,24). The van der Waals surface area contributed by atoms with Crippen LogP contribution in [0.4, 0.5) is 5.13 Å². The number of ether oxygens (including phenoxy) is 1. The van der Waals surface area contributed by atoms with Crippen LogP contribution in [0.5, 0.6) is 0 Å². The van der Waals surface area contributed by atoms with E-state index in [1.807, 2.05) is 6.92 Å². The fourth-order valence-electron chi connectivity index (χ4n) is 2.85. The third kappa shape index (κ3) is 3.77. The van der Waals surface area contributed by atoms with Crippen LogP contribution >= 0.6 is 23.1 Å².